The predicted octanol–water partition coefficient (Wildman–Crippen LogP) is 5.54. The molecule has 0 spiro atoms. The molecule has 0 amide bonds. The van der Waals surface area contributed by atoms with Gasteiger partial charge in [-0.05, 0) is 35.4 Å². The van der Waals surface area contributed by atoms with Gasteiger partial charge in [-0.3, -0.25) is 4.90 Å². The fourth-order valence-electron chi connectivity index (χ4n) is 3.05. The van der Waals surface area contributed by atoms with Crippen LogP contribution in [0.25, 0.3) is 0 Å². The minimum atomic E-state index is 0.231. The Kier molecular flexibility index (Phi) is 7.94. The quantitative estimate of drug-likeness (QED) is 0.387. The van der Waals surface area contributed by atoms with Crippen molar-refractivity contribution in [2.75, 3.05) is 20.3 Å². The molecule has 4 heteroatoms. The molecule has 0 aromatic heterocycles. The van der Waals surface area contributed by atoms with Gasteiger partial charge in [0.1, 0.15) is 18.1 Å². The van der Waals surface area contributed by atoms with Crippen LogP contribution in [0.5, 0.6) is 11.5 Å². The third-order valence-corrected chi connectivity index (χ3v) is 5.00. The molecule has 3 aromatic rings. The van der Waals surface area contributed by atoms with Crippen LogP contribution >= 0.6 is 15.9 Å². The van der Waals surface area contributed by atoms with Crippen LogP contribution in [0, 0.1) is 0 Å². The molecule has 28 heavy (non-hydrogen) atoms. The van der Waals surface area contributed by atoms with Gasteiger partial charge >= 0.3 is 0 Å². The topological polar surface area (TPSA) is 21.7 Å². The highest BCUT2D eigenvalue weighted by atomic mass is 79.9. The summed E-state index contributed by atoms with van der Waals surface area (Å²) in [7, 11) is 1.69. The lowest BCUT2D eigenvalue weighted by molar-refractivity contribution is 0.229. The second-order valence-corrected chi connectivity index (χ2v) is 8.02. The van der Waals surface area contributed by atoms with Gasteiger partial charge in [0.15, 0.2) is 0 Å². The first-order chi connectivity index (χ1) is 13.7. The monoisotopic (exact) mass is 439 g/mol. The Balaban J connectivity index is 1.62. The molecule has 1 atom stereocenters. The number of para-hydroxylation sites is 1. The molecule has 3 nitrogen and oxygen atoms in total. The summed E-state index contributed by atoms with van der Waals surface area (Å²) in [5.41, 5.74) is 2.57. The molecular weight excluding hydrogens is 414 g/mol. The van der Waals surface area contributed by atoms with Gasteiger partial charge in [0, 0.05) is 19.6 Å². The van der Waals surface area contributed by atoms with Crippen LogP contribution in [0.4, 0.5) is 0 Å². The molecule has 3 aromatic carbocycles. The average Bonchev–Trinajstić information content (AvgIpc) is 2.74. The van der Waals surface area contributed by atoms with E-state index < -0.39 is 0 Å². The zero-order chi connectivity index (χ0) is 19.6. The summed E-state index contributed by atoms with van der Waals surface area (Å²) >= 11 is 3.80. The Morgan fingerprint density at radius 2 is 1.32 bits per heavy atom. The van der Waals surface area contributed by atoms with Crippen LogP contribution in [0.2, 0.25) is 0 Å². The zero-order valence-electron chi connectivity index (χ0n) is 16.1. The summed E-state index contributed by atoms with van der Waals surface area (Å²) in [6.07, 6.45) is 0. The van der Waals surface area contributed by atoms with E-state index in [-0.39, 0.29) is 4.83 Å². The zero-order valence-corrected chi connectivity index (χ0v) is 17.7. The van der Waals surface area contributed by atoms with Gasteiger partial charge in [-0.1, -0.05) is 76.6 Å². The number of hydrogen-bond donors (Lipinski definition) is 0. The van der Waals surface area contributed by atoms with Crippen molar-refractivity contribution in [1.29, 1.82) is 0 Å². The number of benzene rings is 3. The lowest BCUT2D eigenvalue weighted by Crippen LogP contribution is -2.32. The van der Waals surface area contributed by atoms with Gasteiger partial charge in [-0.2, -0.15) is 0 Å². The minimum Gasteiger partial charge on any atom is -0.497 e. The number of methoxy groups -OCH3 is 1. The third kappa shape index (κ3) is 6.70. The van der Waals surface area contributed by atoms with Gasteiger partial charge in [0.05, 0.1) is 11.9 Å². The second kappa shape index (κ2) is 10.9. The molecule has 0 fully saturated rings. The van der Waals surface area contributed by atoms with Crippen LogP contribution in [0.1, 0.15) is 11.1 Å². The Hall–Kier alpha value is -2.30. The van der Waals surface area contributed by atoms with Crippen molar-refractivity contribution >= 4 is 15.9 Å². The van der Waals surface area contributed by atoms with Crippen molar-refractivity contribution in [3.63, 3.8) is 0 Å². The van der Waals surface area contributed by atoms with Crippen LogP contribution in [-0.2, 0) is 13.1 Å². The Bertz CT molecular complexity index is 809. The maximum atomic E-state index is 5.91. The summed E-state index contributed by atoms with van der Waals surface area (Å²) in [4.78, 5) is 2.67. The lowest BCUT2D eigenvalue weighted by Gasteiger charge is -2.25. The Labute approximate surface area is 176 Å². The van der Waals surface area contributed by atoms with E-state index in [1.165, 1.54) is 11.1 Å². The van der Waals surface area contributed by atoms with Crippen LogP contribution in [0.3, 0.4) is 0 Å². The van der Waals surface area contributed by atoms with E-state index in [4.69, 9.17) is 9.47 Å². The molecule has 146 valence electrons. The fraction of sp³-hybridized carbons (Fsp3) is 0.250. The molecule has 0 aliphatic carbocycles. The first kappa shape index (κ1) is 20.4. The maximum Gasteiger partial charge on any atom is 0.119 e. The minimum absolute atomic E-state index is 0.231. The highest BCUT2D eigenvalue weighted by molar-refractivity contribution is 9.09. The van der Waals surface area contributed by atoms with Gasteiger partial charge in [-0.25, -0.2) is 0 Å². The predicted molar refractivity (Wildman–Crippen MR) is 118 cm³/mol. The summed E-state index contributed by atoms with van der Waals surface area (Å²) in [5, 5.41) is 0. The van der Waals surface area contributed by atoms with E-state index in [0.717, 1.165) is 31.1 Å². The summed E-state index contributed by atoms with van der Waals surface area (Å²) < 4.78 is 11.2. The van der Waals surface area contributed by atoms with Gasteiger partial charge in [-0.15, -0.1) is 0 Å². The highest BCUT2D eigenvalue weighted by Gasteiger charge is 2.14. The average molecular weight is 440 g/mol. The summed E-state index contributed by atoms with van der Waals surface area (Å²) in [5.74, 6) is 1.78. The van der Waals surface area contributed by atoms with Crippen molar-refractivity contribution in [3.05, 3.63) is 96.1 Å². The van der Waals surface area contributed by atoms with Crippen molar-refractivity contribution < 1.29 is 9.47 Å². The van der Waals surface area contributed by atoms with E-state index in [9.17, 15) is 0 Å². The van der Waals surface area contributed by atoms with E-state index in [0.29, 0.717) is 6.61 Å². The van der Waals surface area contributed by atoms with Gasteiger partial charge in [0.2, 0.25) is 0 Å². The molecule has 0 heterocycles. The second-order valence-electron chi connectivity index (χ2n) is 6.72. The molecule has 0 saturated carbocycles. The summed E-state index contributed by atoms with van der Waals surface area (Å²) in [6.45, 7) is 3.26. The molecule has 0 N–H and O–H groups in total. The molecule has 0 bridgehead atoms. The first-order valence-corrected chi connectivity index (χ1v) is 10.4. The van der Waals surface area contributed by atoms with Crippen LogP contribution < -0.4 is 9.47 Å². The number of ether oxygens (including phenoxy) is 2. The molecule has 3 rings (SSSR count). The number of nitrogens with zero attached hydrogens (tertiary/aromatic N) is 1. The van der Waals surface area contributed by atoms with E-state index in [2.05, 4.69) is 63.3 Å². The van der Waals surface area contributed by atoms with Crippen LogP contribution in [0.15, 0.2) is 84.9 Å². The SMILES string of the molecule is COc1ccc(CN(Cc2ccccc2)CC(Br)COc2ccccc2)cc1. The normalized spacial score (nSPS) is 12.0. The number of hydrogen-bond acceptors (Lipinski definition) is 3. The number of alkyl halides is 1. The van der Waals surface area contributed by atoms with E-state index in [1.807, 2.05) is 42.5 Å². The maximum absolute atomic E-state index is 5.91. The van der Waals surface area contributed by atoms with E-state index in [1.54, 1.807) is 7.11 Å². The van der Waals surface area contributed by atoms with Gasteiger partial charge in [0.25, 0.3) is 0 Å². The van der Waals surface area contributed by atoms with Crippen LogP contribution in [-0.4, -0.2) is 30.0 Å². The van der Waals surface area contributed by atoms with Gasteiger partial charge < -0.3 is 9.47 Å². The number of halogens is 1. The summed E-state index contributed by atoms with van der Waals surface area (Å²) in [6, 6.07) is 28.8. The van der Waals surface area contributed by atoms with Crippen molar-refractivity contribution in [2.24, 2.45) is 0 Å². The molecule has 0 aliphatic heterocycles. The smallest absolute Gasteiger partial charge is 0.119 e. The lowest BCUT2D eigenvalue weighted by atomic mass is 10.1. The standard InChI is InChI=1S/C24H26BrNO2/c1-27-23-14-12-21(13-15-23)17-26(16-20-8-4-2-5-9-20)18-22(25)19-28-24-10-6-3-7-11-24/h2-15,22H,16-19H2,1H3. The molecule has 0 radical (unpaired) electrons. The van der Waals surface area contributed by atoms with Crippen molar-refractivity contribution in [1.82, 2.24) is 4.90 Å². The third-order valence-electron chi connectivity index (χ3n) is 4.44. The first-order valence-electron chi connectivity index (χ1n) is 9.44. The Morgan fingerprint density at radius 1 is 0.750 bits per heavy atom. The van der Waals surface area contributed by atoms with Crippen molar-refractivity contribution in [2.45, 2.75) is 17.9 Å². The fourth-order valence-corrected chi connectivity index (χ4v) is 3.59. The van der Waals surface area contributed by atoms with E-state index >= 15 is 0 Å². The molecular formula is C24H26BrNO2. The Morgan fingerprint density at radius 3 is 1.93 bits per heavy atom. The van der Waals surface area contributed by atoms with Crippen molar-refractivity contribution in [3.8, 4) is 11.5 Å². The highest BCUT2D eigenvalue weighted by Crippen LogP contribution is 2.17. The molecule has 0 aliphatic rings. The largest absolute Gasteiger partial charge is 0.497 e. The molecule has 1 unspecified atom stereocenters. The number of rotatable bonds is 10. The molecule has 0 saturated heterocycles.